The number of halogens is 1. The standard InChI is InChI=1S/C28H23FN4OS/c1-28(14-21-17-7-3-5-9-20(17)24(28)33-13-12-30-25(21)33)26(34)32-27-31-23(15-35-27)19-10-11-22(29)18-8-4-2-6-16(18)19/h2-13,21,23-24H,14-15H2,1H3,(H,31,32,34). The van der Waals surface area contributed by atoms with E-state index in [4.69, 9.17) is 4.99 Å². The topological polar surface area (TPSA) is 59.3 Å². The summed E-state index contributed by atoms with van der Waals surface area (Å²) in [5.41, 5.74) is 2.83. The number of nitrogens with zero attached hydrogens (tertiary/aromatic N) is 3. The van der Waals surface area contributed by atoms with Crippen molar-refractivity contribution in [3.05, 3.63) is 101 Å². The number of aromatic nitrogens is 2. The Kier molecular flexibility index (Phi) is 4.49. The summed E-state index contributed by atoms with van der Waals surface area (Å²) in [5.74, 6) is 1.60. The smallest absolute Gasteiger partial charge is 0.234 e. The van der Waals surface area contributed by atoms with Crippen LogP contribution in [-0.2, 0) is 4.79 Å². The minimum absolute atomic E-state index is 0.0165. The van der Waals surface area contributed by atoms with Crippen LogP contribution in [0.5, 0.6) is 0 Å². The first-order chi connectivity index (χ1) is 17.0. The van der Waals surface area contributed by atoms with Crippen molar-refractivity contribution >= 4 is 33.6 Å². The Labute approximate surface area is 206 Å². The summed E-state index contributed by atoms with van der Waals surface area (Å²) in [5, 5.41) is 5.26. The van der Waals surface area contributed by atoms with E-state index >= 15 is 0 Å². The highest BCUT2D eigenvalue weighted by Crippen LogP contribution is 2.57. The van der Waals surface area contributed by atoms with Crippen molar-refractivity contribution in [3.8, 4) is 0 Å². The summed E-state index contributed by atoms with van der Waals surface area (Å²) < 4.78 is 16.5. The van der Waals surface area contributed by atoms with E-state index in [2.05, 4.69) is 40.0 Å². The molecule has 5 nitrogen and oxygen atoms in total. The number of imidazole rings is 1. The number of hydrogen-bond donors (Lipinski definition) is 1. The van der Waals surface area contributed by atoms with Gasteiger partial charge in [0.15, 0.2) is 5.17 Å². The maximum Gasteiger partial charge on any atom is 0.234 e. The van der Waals surface area contributed by atoms with Gasteiger partial charge in [-0.15, -0.1) is 0 Å². The van der Waals surface area contributed by atoms with Crippen molar-refractivity contribution in [2.75, 3.05) is 5.75 Å². The zero-order valence-corrected chi connectivity index (χ0v) is 19.9. The number of benzene rings is 3. The maximum atomic E-state index is 14.3. The lowest BCUT2D eigenvalue weighted by Gasteiger charge is -2.50. The van der Waals surface area contributed by atoms with Gasteiger partial charge in [0, 0.05) is 29.5 Å². The summed E-state index contributed by atoms with van der Waals surface area (Å²) in [6.45, 7) is 2.06. The van der Waals surface area contributed by atoms with Crippen LogP contribution in [0.2, 0.25) is 0 Å². The molecule has 0 fully saturated rings. The lowest BCUT2D eigenvalue weighted by Crippen LogP contribution is -2.52. The zero-order valence-electron chi connectivity index (χ0n) is 19.1. The number of amidine groups is 1. The molecule has 3 aromatic carbocycles. The molecule has 1 amide bonds. The number of hydrogen-bond acceptors (Lipinski definition) is 4. The number of carbonyl (C=O) groups is 1. The SMILES string of the molecule is CC1(C(=O)NC2=NC(c3ccc(F)c4ccccc34)CS2)CC2c3ccccc3C1n1ccnc12. The van der Waals surface area contributed by atoms with Gasteiger partial charge in [0.05, 0.1) is 17.5 Å². The molecule has 4 atom stereocenters. The second kappa shape index (κ2) is 7.52. The quantitative estimate of drug-likeness (QED) is 0.406. The fourth-order valence-electron chi connectivity index (χ4n) is 6.20. The Balaban J connectivity index is 1.20. The van der Waals surface area contributed by atoms with Gasteiger partial charge in [-0.3, -0.25) is 9.79 Å². The second-order valence-electron chi connectivity index (χ2n) is 9.80. The highest BCUT2D eigenvalue weighted by Gasteiger charge is 2.55. The molecule has 4 aliphatic rings. The average molecular weight is 483 g/mol. The van der Waals surface area contributed by atoms with Crippen molar-refractivity contribution in [2.24, 2.45) is 10.4 Å². The van der Waals surface area contributed by atoms with Crippen molar-refractivity contribution in [1.29, 1.82) is 0 Å². The van der Waals surface area contributed by atoms with Gasteiger partial charge in [-0.25, -0.2) is 9.37 Å². The van der Waals surface area contributed by atoms with Gasteiger partial charge in [-0.05, 0) is 41.5 Å². The summed E-state index contributed by atoms with van der Waals surface area (Å²) >= 11 is 1.55. The zero-order chi connectivity index (χ0) is 23.7. The van der Waals surface area contributed by atoms with E-state index in [9.17, 15) is 9.18 Å². The first-order valence-corrected chi connectivity index (χ1v) is 12.8. The molecule has 3 aliphatic heterocycles. The lowest BCUT2D eigenvalue weighted by molar-refractivity contribution is -0.132. The molecule has 1 aromatic heterocycles. The number of thioether (sulfide) groups is 1. The Morgan fingerprint density at radius 3 is 2.69 bits per heavy atom. The highest BCUT2D eigenvalue weighted by atomic mass is 32.2. The predicted molar refractivity (Wildman–Crippen MR) is 136 cm³/mol. The van der Waals surface area contributed by atoms with E-state index in [0.717, 1.165) is 16.8 Å². The molecule has 2 bridgehead atoms. The molecule has 4 heterocycles. The van der Waals surface area contributed by atoms with E-state index in [1.165, 1.54) is 17.2 Å². The Bertz CT molecular complexity index is 1550. The summed E-state index contributed by atoms with van der Waals surface area (Å²) in [6, 6.07) is 19.0. The van der Waals surface area contributed by atoms with Gasteiger partial charge in [0.25, 0.3) is 0 Å². The molecule has 1 N–H and O–H groups in total. The summed E-state index contributed by atoms with van der Waals surface area (Å²) in [7, 11) is 0. The molecule has 0 radical (unpaired) electrons. The van der Waals surface area contributed by atoms with Gasteiger partial charge < -0.3 is 9.88 Å². The van der Waals surface area contributed by atoms with Gasteiger partial charge in [0.2, 0.25) is 5.91 Å². The lowest BCUT2D eigenvalue weighted by atomic mass is 9.61. The van der Waals surface area contributed by atoms with Crippen molar-refractivity contribution in [3.63, 3.8) is 0 Å². The third-order valence-corrected chi connectivity index (χ3v) is 8.80. The first kappa shape index (κ1) is 20.9. The Morgan fingerprint density at radius 1 is 1.06 bits per heavy atom. The number of fused-ring (bicyclic) bond motifs is 2. The van der Waals surface area contributed by atoms with E-state index < -0.39 is 5.41 Å². The number of aliphatic imine (C=N–C) groups is 1. The summed E-state index contributed by atoms with van der Waals surface area (Å²) in [6.07, 6.45) is 4.53. The number of amides is 1. The third-order valence-electron chi connectivity index (χ3n) is 7.84. The van der Waals surface area contributed by atoms with Crippen LogP contribution in [0.3, 0.4) is 0 Å². The molecule has 174 valence electrons. The van der Waals surface area contributed by atoms with Crippen molar-refractivity contribution < 1.29 is 9.18 Å². The third kappa shape index (κ3) is 2.97. The van der Waals surface area contributed by atoms with E-state index in [-0.39, 0.29) is 29.7 Å². The molecular weight excluding hydrogens is 459 g/mol. The van der Waals surface area contributed by atoms with Crippen molar-refractivity contribution in [1.82, 2.24) is 14.9 Å². The van der Waals surface area contributed by atoms with E-state index in [1.54, 1.807) is 17.8 Å². The average Bonchev–Trinajstić information content (AvgIpc) is 3.55. The fraction of sp³-hybridized carbons (Fsp3) is 0.250. The van der Waals surface area contributed by atoms with Crippen LogP contribution >= 0.6 is 11.8 Å². The largest absolute Gasteiger partial charge is 0.326 e. The minimum atomic E-state index is -0.629. The van der Waals surface area contributed by atoms with Crippen LogP contribution in [0.1, 0.15) is 53.9 Å². The number of carbonyl (C=O) groups excluding carboxylic acids is 1. The molecular formula is C28H23FN4OS. The van der Waals surface area contributed by atoms with Crippen LogP contribution in [0.4, 0.5) is 4.39 Å². The van der Waals surface area contributed by atoms with Gasteiger partial charge in [-0.2, -0.15) is 0 Å². The molecule has 0 saturated carbocycles. The molecule has 7 heteroatoms. The minimum Gasteiger partial charge on any atom is -0.326 e. The normalized spacial score (nSPS) is 26.3. The molecule has 4 unspecified atom stereocenters. The van der Waals surface area contributed by atoms with Gasteiger partial charge in [-0.1, -0.05) is 66.4 Å². The van der Waals surface area contributed by atoms with Crippen LogP contribution < -0.4 is 5.32 Å². The van der Waals surface area contributed by atoms with Gasteiger partial charge in [0.1, 0.15) is 11.6 Å². The molecule has 4 aromatic rings. The molecule has 1 aliphatic carbocycles. The number of nitrogens with one attached hydrogen (secondary N) is 1. The maximum absolute atomic E-state index is 14.3. The van der Waals surface area contributed by atoms with Gasteiger partial charge >= 0.3 is 0 Å². The van der Waals surface area contributed by atoms with Crippen LogP contribution in [0, 0.1) is 11.2 Å². The monoisotopic (exact) mass is 482 g/mol. The van der Waals surface area contributed by atoms with Crippen LogP contribution in [0.15, 0.2) is 78.0 Å². The van der Waals surface area contributed by atoms with Crippen molar-refractivity contribution in [2.45, 2.75) is 31.3 Å². The highest BCUT2D eigenvalue weighted by molar-refractivity contribution is 8.14. The predicted octanol–water partition coefficient (Wildman–Crippen LogP) is 5.58. The van der Waals surface area contributed by atoms with Crippen LogP contribution in [0.25, 0.3) is 10.8 Å². The molecule has 8 rings (SSSR count). The Hall–Kier alpha value is -3.45. The Morgan fingerprint density at radius 2 is 1.83 bits per heavy atom. The van der Waals surface area contributed by atoms with E-state index in [0.29, 0.717) is 22.7 Å². The van der Waals surface area contributed by atoms with E-state index in [1.807, 2.05) is 42.7 Å². The molecule has 0 saturated heterocycles. The molecule has 35 heavy (non-hydrogen) atoms. The second-order valence-corrected chi connectivity index (χ2v) is 10.8. The van der Waals surface area contributed by atoms with Crippen LogP contribution in [-0.4, -0.2) is 26.4 Å². The summed E-state index contributed by atoms with van der Waals surface area (Å²) in [4.78, 5) is 23.3. The first-order valence-electron chi connectivity index (χ1n) is 11.9. The number of rotatable bonds is 2. The fourth-order valence-corrected chi connectivity index (χ4v) is 7.14. The molecule has 0 spiro atoms.